The number of hydrogen-bond donors (Lipinski definition) is 0. The van der Waals surface area contributed by atoms with Crippen LogP contribution in [-0.4, -0.2) is 15.8 Å². The van der Waals surface area contributed by atoms with Gasteiger partial charge in [0.25, 0.3) is 0 Å². The molecule has 0 saturated heterocycles. The van der Waals surface area contributed by atoms with E-state index in [9.17, 15) is 0 Å². The van der Waals surface area contributed by atoms with Crippen LogP contribution in [-0.2, 0) is 0 Å². The molecule has 0 aliphatic rings. The fraction of sp³-hybridized carbons (Fsp3) is 0.333. The standard InChI is InChI=1S/C9H12AsBr/c1-3-10-9-5-4-8(11)6-7(9)2/h4-6,10H,3H2,1-2H3. The minimum absolute atomic E-state index is 0.149. The van der Waals surface area contributed by atoms with Crippen molar-refractivity contribution in [1.29, 1.82) is 0 Å². The van der Waals surface area contributed by atoms with Gasteiger partial charge in [-0.25, -0.2) is 0 Å². The average Bonchev–Trinajstić information content (AvgIpc) is 1.95. The Balaban J connectivity index is 2.90. The third kappa shape index (κ3) is 2.65. The van der Waals surface area contributed by atoms with Crippen molar-refractivity contribution >= 4 is 36.0 Å². The number of hydrogen-bond acceptors (Lipinski definition) is 0. The Morgan fingerprint density at radius 2 is 2.18 bits per heavy atom. The first-order chi connectivity index (χ1) is 5.24. The van der Waals surface area contributed by atoms with E-state index in [4.69, 9.17) is 0 Å². The van der Waals surface area contributed by atoms with Gasteiger partial charge in [-0.1, -0.05) is 0 Å². The Hall–Kier alpha value is 0.258. The second kappa shape index (κ2) is 4.33. The molecule has 1 rings (SSSR count). The van der Waals surface area contributed by atoms with Crippen molar-refractivity contribution < 1.29 is 0 Å². The maximum atomic E-state index is 3.46. The minimum atomic E-state index is 0.149. The van der Waals surface area contributed by atoms with Gasteiger partial charge in [-0.3, -0.25) is 0 Å². The number of aryl methyl sites for hydroxylation is 1. The zero-order valence-corrected chi connectivity index (χ0v) is 10.5. The summed E-state index contributed by atoms with van der Waals surface area (Å²) in [6, 6.07) is 6.60. The van der Waals surface area contributed by atoms with Crippen molar-refractivity contribution in [1.82, 2.24) is 0 Å². The zero-order chi connectivity index (χ0) is 8.27. The monoisotopic (exact) mass is 274 g/mol. The SMILES string of the molecule is CC[AsH]c1ccc(Br)cc1C. The Morgan fingerprint density at radius 3 is 2.73 bits per heavy atom. The Morgan fingerprint density at radius 1 is 1.45 bits per heavy atom. The van der Waals surface area contributed by atoms with Crippen LogP contribution in [0.5, 0.6) is 0 Å². The van der Waals surface area contributed by atoms with Crippen LogP contribution in [0.15, 0.2) is 22.7 Å². The van der Waals surface area contributed by atoms with Gasteiger partial charge >= 0.3 is 83.3 Å². The molecule has 0 heterocycles. The summed E-state index contributed by atoms with van der Waals surface area (Å²) in [7, 11) is 0. The number of benzene rings is 1. The molecule has 0 fully saturated rings. The van der Waals surface area contributed by atoms with Gasteiger partial charge in [-0.15, -0.1) is 0 Å². The molecule has 0 N–H and O–H groups in total. The first-order valence-electron chi connectivity index (χ1n) is 3.74. The molecule has 0 amide bonds. The first-order valence-corrected chi connectivity index (χ1v) is 7.06. The molecule has 0 nitrogen and oxygen atoms in total. The Labute approximate surface area is 83.2 Å². The molecule has 1 aromatic carbocycles. The summed E-state index contributed by atoms with van der Waals surface area (Å²) in [5.74, 6) is 0. The molecule has 0 aliphatic heterocycles. The van der Waals surface area contributed by atoms with E-state index in [0.29, 0.717) is 0 Å². The predicted octanol–water partition coefficient (Wildman–Crippen LogP) is 2.26. The predicted molar refractivity (Wildman–Crippen MR) is 56.1 cm³/mol. The molecule has 0 saturated carbocycles. The van der Waals surface area contributed by atoms with Gasteiger partial charge < -0.3 is 0 Å². The quantitative estimate of drug-likeness (QED) is 0.726. The van der Waals surface area contributed by atoms with Crippen molar-refractivity contribution in [2.24, 2.45) is 0 Å². The second-order valence-corrected chi connectivity index (χ2v) is 6.76. The van der Waals surface area contributed by atoms with E-state index in [2.05, 4.69) is 48.0 Å². The van der Waals surface area contributed by atoms with E-state index in [-0.39, 0.29) is 15.8 Å². The molecular formula is C9H12AsBr. The van der Waals surface area contributed by atoms with Gasteiger partial charge in [-0.05, 0) is 0 Å². The molecule has 0 radical (unpaired) electrons. The van der Waals surface area contributed by atoms with E-state index >= 15 is 0 Å². The summed E-state index contributed by atoms with van der Waals surface area (Å²) in [5, 5.41) is 1.35. The van der Waals surface area contributed by atoms with Crippen molar-refractivity contribution in [3.05, 3.63) is 28.2 Å². The Bertz CT molecular complexity index is 245. The molecule has 60 valence electrons. The fourth-order valence-corrected chi connectivity index (χ4v) is 3.45. The van der Waals surface area contributed by atoms with Crippen molar-refractivity contribution in [2.75, 3.05) is 0 Å². The molecule has 0 aromatic heterocycles. The van der Waals surface area contributed by atoms with Crippen LogP contribution in [0.1, 0.15) is 12.5 Å². The zero-order valence-electron chi connectivity index (χ0n) is 6.82. The fourth-order valence-electron chi connectivity index (χ4n) is 1.02. The van der Waals surface area contributed by atoms with Gasteiger partial charge in [-0.2, -0.15) is 0 Å². The second-order valence-electron chi connectivity index (χ2n) is 2.49. The van der Waals surface area contributed by atoms with Crippen LogP contribution in [0.25, 0.3) is 0 Å². The van der Waals surface area contributed by atoms with E-state index < -0.39 is 0 Å². The Kier molecular flexibility index (Phi) is 3.68. The van der Waals surface area contributed by atoms with Crippen LogP contribution < -0.4 is 4.35 Å². The average molecular weight is 275 g/mol. The van der Waals surface area contributed by atoms with E-state index in [1.54, 1.807) is 4.35 Å². The summed E-state index contributed by atoms with van der Waals surface area (Å²) in [5.41, 5.74) is 1.45. The van der Waals surface area contributed by atoms with Gasteiger partial charge in [0.2, 0.25) is 0 Å². The van der Waals surface area contributed by atoms with Gasteiger partial charge in [0.1, 0.15) is 0 Å². The molecule has 0 spiro atoms. The number of halogens is 1. The van der Waals surface area contributed by atoms with E-state index in [1.807, 2.05) is 0 Å². The molecule has 1 atom stereocenters. The van der Waals surface area contributed by atoms with Crippen LogP contribution in [0, 0.1) is 6.92 Å². The van der Waals surface area contributed by atoms with Gasteiger partial charge in [0.05, 0.1) is 0 Å². The van der Waals surface area contributed by atoms with E-state index in [0.717, 1.165) is 0 Å². The summed E-state index contributed by atoms with van der Waals surface area (Å²) in [6.07, 6.45) is 0. The molecule has 11 heavy (non-hydrogen) atoms. The molecule has 1 aromatic rings. The van der Waals surface area contributed by atoms with Crippen molar-refractivity contribution in [3.63, 3.8) is 0 Å². The molecule has 0 aliphatic carbocycles. The topological polar surface area (TPSA) is 0 Å². The van der Waals surface area contributed by atoms with Crippen LogP contribution in [0.4, 0.5) is 0 Å². The van der Waals surface area contributed by atoms with Gasteiger partial charge in [0, 0.05) is 0 Å². The molecule has 0 bridgehead atoms. The summed E-state index contributed by atoms with van der Waals surface area (Å²) < 4.78 is 2.79. The van der Waals surface area contributed by atoms with Crippen LogP contribution in [0.2, 0.25) is 5.21 Å². The maximum absolute atomic E-state index is 3.46. The normalized spacial score (nSPS) is 11.2. The van der Waals surface area contributed by atoms with Gasteiger partial charge in [0.15, 0.2) is 0 Å². The molecule has 1 unspecified atom stereocenters. The summed E-state index contributed by atoms with van der Waals surface area (Å²) in [6.45, 7) is 4.46. The number of rotatable bonds is 2. The van der Waals surface area contributed by atoms with E-state index in [1.165, 1.54) is 15.2 Å². The van der Waals surface area contributed by atoms with Crippen LogP contribution >= 0.6 is 15.9 Å². The first kappa shape index (κ1) is 9.35. The van der Waals surface area contributed by atoms with Crippen molar-refractivity contribution in [2.45, 2.75) is 19.1 Å². The van der Waals surface area contributed by atoms with Crippen LogP contribution in [0.3, 0.4) is 0 Å². The third-order valence-corrected chi connectivity index (χ3v) is 4.77. The summed E-state index contributed by atoms with van der Waals surface area (Å²) in [4.78, 5) is 0. The molecule has 2 heteroatoms. The van der Waals surface area contributed by atoms with Crippen molar-refractivity contribution in [3.8, 4) is 0 Å². The third-order valence-electron chi connectivity index (χ3n) is 1.56. The molecular weight excluding hydrogens is 263 g/mol. The summed E-state index contributed by atoms with van der Waals surface area (Å²) >= 11 is 3.61.